The van der Waals surface area contributed by atoms with Gasteiger partial charge in [-0.3, -0.25) is 0 Å². The van der Waals surface area contributed by atoms with E-state index in [1.807, 2.05) is 6.07 Å². The van der Waals surface area contributed by atoms with Gasteiger partial charge in [0, 0.05) is 12.1 Å². The van der Waals surface area contributed by atoms with Crippen LogP contribution in [0.1, 0.15) is 30.9 Å². The van der Waals surface area contributed by atoms with Gasteiger partial charge < -0.3 is 10.5 Å². The third kappa shape index (κ3) is 1.90. The number of hydrogen-bond acceptors (Lipinski definition) is 2. The molecule has 2 nitrogen and oxygen atoms in total. The van der Waals surface area contributed by atoms with Gasteiger partial charge in [0.1, 0.15) is 12.4 Å². The largest absolute Gasteiger partial charge is 0.489 e. The number of fused-ring (bicyclic) bond motifs is 1. The van der Waals surface area contributed by atoms with Gasteiger partial charge in [-0.15, -0.1) is 0 Å². The van der Waals surface area contributed by atoms with E-state index in [0.717, 1.165) is 11.3 Å². The van der Waals surface area contributed by atoms with E-state index in [2.05, 4.69) is 32.1 Å². The van der Waals surface area contributed by atoms with E-state index >= 15 is 0 Å². The Morgan fingerprint density at radius 1 is 1.40 bits per heavy atom. The van der Waals surface area contributed by atoms with Crippen molar-refractivity contribution in [1.82, 2.24) is 0 Å². The Labute approximate surface area is 90.7 Å². The maximum atomic E-state index is 5.72. The van der Waals surface area contributed by atoms with Crippen LogP contribution in [0.5, 0.6) is 5.75 Å². The van der Waals surface area contributed by atoms with Gasteiger partial charge in [-0.05, 0) is 35.3 Å². The molecular formula is C13H17NO. The van der Waals surface area contributed by atoms with Crippen molar-refractivity contribution in [2.75, 3.05) is 13.2 Å². The molecule has 0 atom stereocenters. The SMILES string of the molecule is CC(C)c1ccc2c(c1)C(CN)=CCO2. The minimum Gasteiger partial charge on any atom is -0.489 e. The molecule has 0 saturated carbocycles. The van der Waals surface area contributed by atoms with E-state index in [9.17, 15) is 0 Å². The molecule has 0 amide bonds. The van der Waals surface area contributed by atoms with E-state index in [-0.39, 0.29) is 0 Å². The highest BCUT2D eigenvalue weighted by molar-refractivity contribution is 5.73. The molecule has 0 radical (unpaired) electrons. The summed E-state index contributed by atoms with van der Waals surface area (Å²) in [4.78, 5) is 0. The summed E-state index contributed by atoms with van der Waals surface area (Å²) in [5, 5.41) is 0. The summed E-state index contributed by atoms with van der Waals surface area (Å²) in [6.45, 7) is 5.60. The Balaban J connectivity index is 2.46. The molecule has 1 aromatic rings. The summed E-state index contributed by atoms with van der Waals surface area (Å²) in [6, 6.07) is 6.37. The van der Waals surface area contributed by atoms with Gasteiger partial charge in [-0.25, -0.2) is 0 Å². The van der Waals surface area contributed by atoms with E-state index in [1.165, 1.54) is 11.1 Å². The Kier molecular flexibility index (Phi) is 2.78. The Bertz CT molecular complexity index is 394. The quantitative estimate of drug-likeness (QED) is 0.801. The third-order valence-corrected chi connectivity index (χ3v) is 2.80. The first-order valence-corrected chi connectivity index (χ1v) is 5.38. The van der Waals surface area contributed by atoms with Crippen LogP contribution in [0.15, 0.2) is 24.3 Å². The van der Waals surface area contributed by atoms with Gasteiger partial charge in [0.05, 0.1) is 0 Å². The average Bonchev–Trinajstić information content (AvgIpc) is 2.27. The monoisotopic (exact) mass is 203 g/mol. The molecule has 0 unspecified atom stereocenters. The lowest BCUT2D eigenvalue weighted by Crippen LogP contribution is -2.11. The molecule has 0 bridgehead atoms. The van der Waals surface area contributed by atoms with Crippen LogP contribution in [-0.2, 0) is 0 Å². The van der Waals surface area contributed by atoms with Crippen LogP contribution >= 0.6 is 0 Å². The van der Waals surface area contributed by atoms with Crippen LogP contribution in [0.2, 0.25) is 0 Å². The van der Waals surface area contributed by atoms with Gasteiger partial charge >= 0.3 is 0 Å². The molecule has 2 heteroatoms. The van der Waals surface area contributed by atoms with Crippen molar-refractivity contribution in [2.45, 2.75) is 19.8 Å². The number of rotatable bonds is 2. The zero-order valence-corrected chi connectivity index (χ0v) is 9.29. The predicted octanol–water partition coefficient (Wildman–Crippen LogP) is 2.54. The Morgan fingerprint density at radius 2 is 2.20 bits per heavy atom. The van der Waals surface area contributed by atoms with Crippen molar-refractivity contribution in [3.8, 4) is 5.75 Å². The number of nitrogens with two attached hydrogens (primary N) is 1. The van der Waals surface area contributed by atoms with Gasteiger partial charge in [-0.2, -0.15) is 0 Å². The standard InChI is InChI=1S/C13H17NO/c1-9(2)10-3-4-13-12(7-10)11(8-14)5-6-15-13/h3-5,7,9H,6,8,14H2,1-2H3. The van der Waals surface area contributed by atoms with Crippen LogP contribution in [-0.4, -0.2) is 13.2 Å². The fourth-order valence-corrected chi connectivity index (χ4v) is 1.82. The third-order valence-electron chi connectivity index (χ3n) is 2.80. The summed E-state index contributed by atoms with van der Waals surface area (Å²) in [5.74, 6) is 1.50. The summed E-state index contributed by atoms with van der Waals surface area (Å²) >= 11 is 0. The minimum absolute atomic E-state index is 0.538. The molecule has 1 heterocycles. The first-order valence-electron chi connectivity index (χ1n) is 5.38. The van der Waals surface area contributed by atoms with Gasteiger partial charge in [0.25, 0.3) is 0 Å². The van der Waals surface area contributed by atoms with Crippen molar-refractivity contribution < 1.29 is 4.74 Å². The molecule has 1 aliphatic heterocycles. The molecule has 0 saturated heterocycles. The molecule has 15 heavy (non-hydrogen) atoms. The first-order chi connectivity index (χ1) is 7.22. The highest BCUT2D eigenvalue weighted by Crippen LogP contribution is 2.31. The molecular weight excluding hydrogens is 186 g/mol. The molecule has 2 N–H and O–H groups in total. The van der Waals surface area contributed by atoms with E-state index < -0.39 is 0 Å². The van der Waals surface area contributed by atoms with E-state index in [4.69, 9.17) is 10.5 Å². The Hall–Kier alpha value is -1.28. The lowest BCUT2D eigenvalue weighted by atomic mass is 9.95. The maximum Gasteiger partial charge on any atom is 0.127 e. The molecule has 0 aromatic heterocycles. The van der Waals surface area contributed by atoms with E-state index in [0.29, 0.717) is 19.1 Å². The van der Waals surface area contributed by atoms with Crippen molar-refractivity contribution in [2.24, 2.45) is 5.73 Å². The minimum atomic E-state index is 0.538. The molecule has 80 valence electrons. The fraction of sp³-hybridized carbons (Fsp3) is 0.385. The van der Waals surface area contributed by atoms with Gasteiger partial charge in [0.15, 0.2) is 0 Å². The van der Waals surface area contributed by atoms with Crippen molar-refractivity contribution in [3.63, 3.8) is 0 Å². The summed E-state index contributed by atoms with van der Waals surface area (Å²) in [6.07, 6.45) is 2.06. The van der Waals surface area contributed by atoms with Crippen LogP contribution in [0.4, 0.5) is 0 Å². The molecule has 0 fully saturated rings. The number of benzene rings is 1. The zero-order chi connectivity index (χ0) is 10.8. The molecule has 0 spiro atoms. The first kappa shape index (κ1) is 10.2. The van der Waals surface area contributed by atoms with Gasteiger partial charge in [0.2, 0.25) is 0 Å². The predicted molar refractivity (Wildman–Crippen MR) is 63.1 cm³/mol. The molecule has 2 rings (SSSR count). The fourth-order valence-electron chi connectivity index (χ4n) is 1.82. The second-order valence-corrected chi connectivity index (χ2v) is 4.15. The van der Waals surface area contributed by atoms with Gasteiger partial charge in [-0.1, -0.05) is 19.9 Å². The summed E-state index contributed by atoms with van der Waals surface area (Å²) < 4.78 is 5.56. The second kappa shape index (κ2) is 4.07. The van der Waals surface area contributed by atoms with Crippen LogP contribution in [0, 0.1) is 0 Å². The Morgan fingerprint density at radius 3 is 2.87 bits per heavy atom. The molecule has 1 aliphatic rings. The smallest absolute Gasteiger partial charge is 0.127 e. The van der Waals surface area contributed by atoms with Crippen molar-refractivity contribution >= 4 is 5.57 Å². The normalized spacial score (nSPS) is 14.5. The zero-order valence-electron chi connectivity index (χ0n) is 9.29. The lowest BCUT2D eigenvalue weighted by molar-refractivity contribution is 0.357. The average molecular weight is 203 g/mol. The maximum absolute atomic E-state index is 5.72. The van der Waals surface area contributed by atoms with Crippen LogP contribution < -0.4 is 10.5 Å². The topological polar surface area (TPSA) is 35.2 Å². The number of ether oxygens (including phenoxy) is 1. The molecule has 1 aromatic carbocycles. The van der Waals surface area contributed by atoms with Crippen LogP contribution in [0.25, 0.3) is 5.57 Å². The lowest BCUT2D eigenvalue weighted by Gasteiger charge is -2.19. The van der Waals surface area contributed by atoms with Crippen LogP contribution in [0.3, 0.4) is 0 Å². The van der Waals surface area contributed by atoms with Crippen molar-refractivity contribution in [3.05, 3.63) is 35.4 Å². The highest BCUT2D eigenvalue weighted by atomic mass is 16.5. The van der Waals surface area contributed by atoms with E-state index in [1.54, 1.807) is 0 Å². The second-order valence-electron chi connectivity index (χ2n) is 4.15. The van der Waals surface area contributed by atoms with Crippen molar-refractivity contribution in [1.29, 1.82) is 0 Å². The molecule has 0 aliphatic carbocycles. The summed E-state index contributed by atoms with van der Waals surface area (Å²) in [7, 11) is 0. The highest BCUT2D eigenvalue weighted by Gasteiger charge is 2.13. The summed E-state index contributed by atoms with van der Waals surface area (Å²) in [5.41, 5.74) is 9.41. The number of hydrogen-bond donors (Lipinski definition) is 1.